The van der Waals surface area contributed by atoms with Crippen LogP contribution in [0.25, 0.3) is 0 Å². The largest absolute Gasteiger partial charge is 0.497 e. The number of amides is 1. The molecule has 2 aliphatic heterocycles. The second-order valence-corrected chi connectivity index (χ2v) is 7.47. The molecule has 0 spiro atoms. The molecule has 1 atom stereocenters. The Morgan fingerprint density at radius 1 is 1.23 bits per heavy atom. The predicted molar refractivity (Wildman–Crippen MR) is 114 cm³/mol. The summed E-state index contributed by atoms with van der Waals surface area (Å²) in [6.07, 6.45) is 0.514. The fraction of sp³-hybridized carbons (Fsp3) is 0.364. The van der Waals surface area contributed by atoms with Crippen LogP contribution in [0.2, 0.25) is 0 Å². The minimum Gasteiger partial charge on any atom is -0.497 e. The zero-order valence-electron chi connectivity index (χ0n) is 17.3. The molecule has 162 valence electrons. The third-order valence-electron chi connectivity index (χ3n) is 5.52. The Morgan fingerprint density at radius 3 is 2.65 bits per heavy atom. The summed E-state index contributed by atoms with van der Waals surface area (Å²) < 4.78 is 10.7. The molecule has 2 aromatic rings. The lowest BCUT2D eigenvalue weighted by Crippen LogP contribution is -2.43. The Labute approximate surface area is 180 Å². The summed E-state index contributed by atoms with van der Waals surface area (Å²) in [6, 6.07) is 13.6. The van der Waals surface area contributed by atoms with Crippen LogP contribution < -0.4 is 4.74 Å². The van der Waals surface area contributed by atoms with Crippen molar-refractivity contribution >= 4 is 17.3 Å². The molecule has 0 radical (unpaired) electrons. The van der Waals surface area contributed by atoms with E-state index in [1.54, 1.807) is 24.3 Å². The number of carbonyl (C=O) groups is 1. The van der Waals surface area contributed by atoms with Gasteiger partial charge in [0, 0.05) is 31.6 Å². The van der Waals surface area contributed by atoms with Crippen LogP contribution in [0.5, 0.6) is 5.75 Å². The van der Waals surface area contributed by atoms with Crippen LogP contribution in [0.15, 0.2) is 53.6 Å². The van der Waals surface area contributed by atoms with E-state index in [1.807, 2.05) is 24.3 Å². The smallest absolute Gasteiger partial charge is 0.269 e. The Bertz CT molecular complexity index is 986. The minimum atomic E-state index is -0.433. The van der Waals surface area contributed by atoms with Crippen molar-refractivity contribution in [3.8, 4) is 5.75 Å². The number of hydrazone groups is 1. The number of non-ortho nitro benzene ring substituents is 1. The highest BCUT2D eigenvalue weighted by Crippen LogP contribution is 2.34. The molecule has 2 aliphatic rings. The fourth-order valence-corrected chi connectivity index (χ4v) is 3.82. The molecular formula is C22H24N4O5. The molecule has 0 N–H and O–H groups in total. The molecule has 0 saturated carbocycles. The molecule has 2 aromatic carbocycles. The van der Waals surface area contributed by atoms with Gasteiger partial charge in [0.05, 0.1) is 43.5 Å². The highest BCUT2D eigenvalue weighted by molar-refractivity contribution is 6.03. The summed E-state index contributed by atoms with van der Waals surface area (Å²) >= 11 is 0. The summed E-state index contributed by atoms with van der Waals surface area (Å²) in [5.41, 5.74) is 2.43. The maximum absolute atomic E-state index is 13.2. The van der Waals surface area contributed by atoms with Gasteiger partial charge in [0.2, 0.25) is 0 Å². The van der Waals surface area contributed by atoms with E-state index in [2.05, 4.69) is 10.0 Å². The molecule has 2 heterocycles. The molecule has 1 unspecified atom stereocenters. The molecule has 1 amide bonds. The number of nitrogens with zero attached hydrogens (tertiary/aromatic N) is 4. The molecule has 9 heteroatoms. The van der Waals surface area contributed by atoms with Crippen LogP contribution in [0.1, 0.15) is 23.6 Å². The van der Waals surface area contributed by atoms with Gasteiger partial charge in [-0.3, -0.25) is 19.8 Å². The molecular weight excluding hydrogens is 400 g/mol. The van der Waals surface area contributed by atoms with E-state index in [4.69, 9.17) is 9.47 Å². The Kier molecular flexibility index (Phi) is 6.24. The molecule has 4 rings (SSSR count). The minimum absolute atomic E-state index is 0.0203. The number of carbonyl (C=O) groups excluding carboxylic acids is 1. The first-order valence-electron chi connectivity index (χ1n) is 10.1. The van der Waals surface area contributed by atoms with Gasteiger partial charge in [-0.15, -0.1) is 0 Å². The zero-order chi connectivity index (χ0) is 21.8. The van der Waals surface area contributed by atoms with Crippen LogP contribution in [0.4, 0.5) is 5.69 Å². The van der Waals surface area contributed by atoms with E-state index < -0.39 is 4.92 Å². The van der Waals surface area contributed by atoms with Gasteiger partial charge in [0.15, 0.2) is 0 Å². The number of rotatable bonds is 6. The van der Waals surface area contributed by atoms with E-state index in [0.717, 1.165) is 16.8 Å². The van der Waals surface area contributed by atoms with Gasteiger partial charge in [-0.05, 0) is 35.4 Å². The van der Waals surface area contributed by atoms with Gasteiger partial charge >= 0.3 is 0 Å². The van der Waals surface area contributed by atoms with Gasteiger partial charge in [0.1, 0.15) is 5.75 Å². The van der Waals surface area contributed by atoms with Gasteiger partial charge in [-0.1, -0.05) is 12.1 Å². The summed E-state index contributed by atoms with van der Waals surface area (Å²) in [5.74, 6) is 0.619. The van der Waals surface area contributed by atoms with Crippen molar-refractivity contribution in [2.45, 2.75) is 12.5 Å². The van der Waals surface area contributed by atoms with Crippen LogP contribution in [0, 0.1) is 10.1 Å². The molecule has 1 saturated heterocycles. The SMILES string of the molecule is COc1cccc(C2CC(c3ccc([N+](=O)[O-])cc3)=NN2C(=O)CN2CCOCC2)c1. The second-order valence-electron chi connectivity index (χ2n) is 7.47. The number of benzene rings is 2. The summed E-state index contributed by atoms with van der Waals surface area (Å²) in [7, 11) is 1.61. The Balaban J connectivity index is 1.61. The van der Waals surface area contributed by atoms with Crippen molar-refractivity contribution in [1.82, 2.24) is 9.91 Å². The van der Waals surface area contributed by atoms with Gasteiger partial charge in [-0.2, -0.15) is 5.10 Å². The number of ether oxygens (including phenoxy) is 2. The van der Waals surface area contributed by atoms with Crippen molar-refractivity contribution in [3.63, 3.8) is 0 Å². The lowest BCUT2D eigenvalue weighted by atomic mass is 9.98. The highest BCUT2D eigenvalue weighted by atomic mass is 16.6. The van der Waals surface area contributed by atoms with Crippen molar-refractivity contribution in [2.24, 2.45) is 5.10 Å². The van der Waals surface area contributed by atoms with E-state index in [0.29, 0.717) is 38.5 Å². The van der Waals surface area contributed by atoms with Crippen molar-refractivity contribution in [1.29, 1.82) is 0 Å². The second kappa shape index (κ2) is 9.23. The van der Waals surface area contributed by atoms with Crippen LogP contribution in [0.3, 0.4) is 0 Å². The monoisotopic (exact) mass is 424 g/mol. The number of nitro groups is 1. The van der Waals surface area contributed by atoms with E-state index in [1.165, 1.54) is 12.1 Å². The van der Waals surface area contributed by atoms with Crippen molar-refractivity contribution in [2.75, 3.05) is 40.0 Å². The zero-order valence-corrected chi connectivity index (χ0v) is 17.3. The average molecular weight is 424 g/mol. The first-order chi connectivity index (χ1) is 15.0. The van der Waals surface area contributed by atoms with Gasteiger partial charge in [0.25, 0.3) is 11.6 Å². The number of hydrogen-bond acceptors (Lipinski definition) is 7. The summed E-state index contributed by atoms with van der Waals surface area (Å²) in [5, 5.41) is 17.1. The third kappa shape index (κ3) is 4.73. The highest BCUT2D eigenvalue weighted by Gasteiger charge is 2.34. The number of nitro benzene ring substituents is 1. The molecule has 0 aromatic heterocycles. The topological polar surface area (TPSA) is 97.5 Å². The first-order valence-corrected chi connectivity index (χ1v) is 10.1. The van der Waals surface area contributed by atoms with Crippen LogP contribution in [-0.2, 0) is 9.53 Å². The third-order valence-corrected chi connectivity index (χ3v) is 5.52. The Morgan fingerprint density at radius 2 is 1.97 bits per heavy atom. The van der Waals surface area contributed by atoms with E-state index in [-0.39, 0.29) is 24.2 Å². The van der Waals surface area contributed by atoms with E-state index >= 15 is 0 Å². The molecule has 9 nitrogen and oxygen atoms in total. The quantitative estimate of drug-likeness (QED) is 0.522. The summed E-state index contributed by atoms with van der Waals surface area (Å²) in [6.45, 7) is 2.92. The lowest BCUT2D eigenvalue weighted by Gasteiger charge is -2.29. The maximum atomic E-state index is 13.2. The van der Waals surface area contributed by atoms with Crippen molar-refractivity contribution < 1.29 is 19.2 Å². The molecule has 1 fully saturated rings. The average Bonchev–Trinajstić information content (AvgIpc) is 3.25. The number of hydrogen-bond donors (Lipinski definition) is 0. The van der Waals surface area contributed by atoms with Crippen LogP contribution in [-0.4, -0.2) is 66.4 Å². The van der Waals surface area contributed by atoms with Crippen LogP contribution >= 0.6 is 0 Å². The first kappa shape index (κ1) is 21.0. The number of methoxy groups -OCH3 is 1. The Hall–Kier alpha value is -3.30. The van der Waals surface area contributed by atoms with Gasteiger partial charge < -0.3 is 9.47 Å². The van der Waals surface area contributed by atoms with E-state index in [9.17, 15) is 14.9 Å². The number of morpholine rings is 1. The van der Waals surface area contributed by atoms with Gasteiger partial charge in [-0.25, -0.2) is 5.01 Å². The molecule has 0 aliphatic carbocycles. The molecule has 31 heavy (non-hydrogen) atoms. The normalized spacial score (nSPS) is 19.2. The van der Waals surface area contributed by atoms with Crippen molar-refractivity contribution in [3.05, 3.63) is 69.8 Å². The predicted octanol–water partition coefficient (Wildman–Crippen LogP) is 2.61. The molecule has 0 bridgehead atoms. The fourth-order valence-electron chi connectivity index (χ4n) is 3.82. The maximum Gasteiger partial charge on any atom is 0.269 e. The standard InChI is InChI=1S/C22H24N4O5/c1-30-19-4-2-3-17(13-19)21-14-20(16-5-7-18(8-6-16)26(28)29)23-25(21)22(27)15-24-9-11-31-12-10-24/h2-8,13,21H,9-12,14-15H2,1H3. The summed E-state index contributed by atoms with van der Waals surface area (Å²) in [4.78, 5) is 25.8. The lowest BCUT2D eigenvalue weighted by molar-refractivity contribution is -0.384.